The molecule has 1 heterocycles. The lowest BCUT2D eigenvalue weighted by Gasteiger charge is -2.32. The summed E-state index contributed by atoms with van der Waals surface area (Å²) in [7, 11) is 0. The van der Waals surface area contributed by atoms with Crippen LogP contribution in [0.4, 0.5) is 0 Å². The molecule has 3 unspecified atom stereocenters. The number of nitrogens with two attached hydrogens (primary N) is 1. The fraction of sp³-hybridized carbons (Fsp3) is 0.786. The van der Waals surface area contributed by atoms with Gasteiger partial charge in [-0.25, -0.2) is 0 Å². The Hall–Kier alpha value is -0.870. The minimum absolute atomic E-state index is 0.391. The number of rotatable bonds is 5. The van der Waals surface area contributed by atoms with E-state index in [0.29, 0.717) is 12.0 Å². The van der Waals surface area contributed by atoms with Gasteiger partial charge in [-0.15, -0.1) is 0 Å². The highest BCUT2D eigenvalue weighted by Gasteiger charge is 2.26. The lowest BCUT2D eigenvalue weighted by molar-refractivity contribution is 0.222. The molecule has 1 aliphatic carbocycles. The third-order valence-electron chi connectivity index (χ3n) is 4.23. The Morgan fingerprint density at radius 3 is 3.00 bits per heavy atom. The molecule has 1 saturated carbocycles. The molecule has 0 radical (unpaired) electrons. The van der Waals surface area contributed by atoms with E-state index in [1.165, 1.54) is 31.2 Å². The van der Waals surface area contributed by atoms with E-state index in [2.05, 4.69) is 30.6 Å². The maximum atomic E-state index is 5.76. The van der Waals surface area contributed by atoms with Gasteiger partial charge in [-0.05, 0) is 43.6 Å². The lowest BCUT2D eigenvalue weighted by atomic mass is 9.77. The molecule has 2 rings (SSSR count). The molecule has 1 fully saturated rings. The number of hydrogen-bond acceptors (Lipinski definition) is 3. The van der Waals surface area contributed by atoms with Crippen LogP contribution in [-0.2, 0) is 13.0 Å². The van der Waals surface area contributed by atoms with Crippen molar-refractivity contribution in [2.45, 2.75) is 58.5 Å². The Kier molecular flexibility index (Phi) is 4.78. The summed E-state index contributed by atoms with van der Waals surface area (Å²) in [5.74, 6) is 7.32. The largest absolute Gasteiger partial charge is 0.273 e. The average Bonchev–Trinajstić information content (AvgIpc) is 2.83. The Morgan fingerprint density at radius 2 is 2.39 bits per heavy atom. The van der Waals surface area contributed by atoms with E-state index < -0.39 is 0 Å². The van der Waals surface area contributed by atoms with Crippen molar-refractivity contribution in [3.63, 3.8) is 0 Å². The first-order valence-corrected chi connectivity index (χ1v) is 7.20. The second-order valence-corrected chi connectivity index (χ2v) is 5.71. The van der Waals surface area contributed by atoms with Gasteiger partial charge < -0.3 is 0 Å². The number of nitrogens with zero attached hydrogens (tertiary/aromatic N) is 2. The van der Waals surface area contributed by atoms with E-state index in [1.54, 1.807) is 0 Å². The molecule has 1 aromatic rings. The number of aromatic nitrogens is 2. The van der Waals surface area contributed by atoms with Crippen LogP contribution in [0.1, 0.15) is 45.1 Å². The van der Waals surface area contributed by atoms with Crippen molar-refractivity contribution in [2.24, 2.45) is 17.7 Å². The van der Waals surface area contributed by atoms with E-state index in [1.807, 2.05) is 10.9 Å². The summed E-state index contributed by atoms with van der Waals surface area (Å²) in [6.07, 6.45) is 10.4. The Balaban J connectivity index is 1.95. The maximum Gasteiger partial charge on any atom is 0.0522 e. The van der Waals surface area contributed by atoms with Gasteiger partial charge in [-0.2, -0.15) is 5.10 Å². The van der Waals surface area contributed by atoms with Crippen LogP contribution in [0.15, 0.2) is 12.4 Å². The Labute approximate surface area is 110 Å². The van der Waals surface area contributed by atoms with Crippen molar-refractivity contribution < 1.29 is 0 Å². The molecule has 4 nitrogen and oxygen atoms in total. The smallest absolute Gasteiger partial charge is 0.0522 e. The van der Waals surface area contributed by atoms with Crippen LogP contribution in [0, 0.1) is 11.8 Å². The fourth-order valence-electron chi connectivity index (χ4n) is 3.15. The zero-order chi connectivity index (χ0) is 13.0. The summed E-state index contributed by atoms with van der Waals surface area (Å²) >= 11 is 0. The van der Waals surface area contributed by atoms with Gasteiger partial charge in [0.15, 0.2) is 0 Å². The highest BCUT2D eigenvalue weighted by atomic mass is 15.3. The number of aryl methyl sites for hydroxylation is 1. The van der Waals surface area contributed by atoms with Gasteiger partial charge in [0, 0.05) is 18.8 Å². The third-order valence-corrected chi connectivity index (χ3v) is 4.23. The molecule has 0 saturated heterocycles. The van der Waals surface area contributed by atoms with Crippen molar-refractivity contribution in [2.75, 3.05) is 0 Å². The van der Waals surface area contributed by atoms with Crippen molar-refractivity contribution in [1.29, 1.82) is 0 Å². The fourth-order valence-corrected chi connectivity index (χ4v) is 3.15. The van der Waals surface area contributed by atoms with Crippen molar-refractivity contribution in [3.8, 4) is 0 Å². The maximum absolute atomic E-state index is 5.76. The number of hydrogen-bond donors (Lipinski definition) is 2. The first-order valence-electron chi connectivity index (χ1n) is 7.20. The molecule has 3 atom stereocenters. The summed E-state index contributed by atoms with van der Waals surface area (Å²) in [5, 5.41) is 4.33. The predicted molar refractivity (Wildman–Crippen MR) is 73.8 cm³/mol. The molecule has 102 valence electrons. The van der Waals surface area contributed by atoms with Crippen molar-refractivity contribution in [1.82, 2.24) is 15.2 Å². The van der Waals surface area contributed by atoms with Crippen molar-refractivity contribution in [3.05, 3.63) is 18.0 Å². The molecular weight excluding hydrogens is 224 g/mol. The van der Waals surface area contributed by atoms with Gasteiger partial charge in [0.25, 0.3) is 0 Å². The summed E-state index contributed by atoms with van der Waals surface area (Å²) in [6, 6.07) is 0.391. The van der Waals surface area contributed by atoms with E-state index >= 15 is 0 Å². The second-order valence-electron chi connectivity index (χ2n) is 5.71. The van der Waals surface area contributed by atoms with Crippen LogP contribution < -0.4 is 11.3 Å². The quantitative estimate of drug-likeness (QED) is 0.621. The minimum Gasteiger partial charge on any atom is -0.273 e. The number of nitrogens with one attached hydrogen (secondary N) is 1. The van der Waals surface area contributed by atoms with E-state index in [-0.39, 0.29) is 0 Å². The highest BCUT2D eigenvalue weighted by molar-refractivity contribution is 5.07. The second kappa shape index (κ2) is 6.34. The van der Waals surface area contributed by atoms with E-state index in [4.69, 9.17) is 5.84 Å². The zero-order valence-corrected chi connectivity index (χ0v) is 11.6. The minimum atomic E-state index is 0.391. The van der Waals surface area contributed by atoms with Crippen LogP contribution in [0.2, 0.25) is 0 Å². The van der Waals surface area contributed by atoms with Gasteiger partial charge in [-0.1, -0.05) is 19.8 Å². The predicted octanol–water partition coefficient (Wildman–Crippen LogP) is 2.10. The molecule has 1 aromatic heterocycles. The molecular formula is C14H26N4. The normalized spacial score (nSPS) is 26.2. The van der Waals surface area contributed by atoms with Crippen molar-refractivity contribution >= 4 is 0 Å². The van der Waals surface area contributed by atoms with Crippen LogP contribution in [0.3, 0.4) is 0 Å². The lowest BCUT2D eigenvalue weighted by Crippen LogP contribution is -2.43. The van der Waals surface area contributed by atoms with Gasteiger partial charge in [0.05, 0.1) is 6.20 Å². The van der Waals surface area contributed by atoms with Crippen LogP contribution in [0.5, 0.6) is 0 Å². The van der Waals surface area contributed by atoms with E-state index in [9.17, 15) is 0 Å². The van der Waals surface area contributed by atoms with Crippen LogP contribution in [-0.4, -0.2) is 15.8 Å². The summed E-state index contributed by atoms with van der Waals surface area (Å²) in [6.45, 7) is 5.40. The summed E-state index contributed by atoms with van der Waals surface area (Å²) < 4.78 is 1.98. The zero-order valence-electron chi connectivity index (χ0n) is 11.6. The number of hydrazine groups is 1. The Bertz CT molecular complexity index is 360. The molecule has 0 bridgehead atoms. The third kappa shape index (κ3) is 3.33. The van der Waals surface area contributed by atoms with Gasteiger partial charge in [-0.3, -0.25) is 16.0 Å². The Morgan fingerprint density at radius 1 is 1.56 bits per heavy atom. The van der Waals surface area contributed by atoms with Crippen LogP contribution in [0.25, 0.3) is 0 Å². The molecule has 0 spiro atoms. The molecule has 1 aliphatic rings. The van der Waals surface area contributed by atoms with Gasteiger partial charge in [0.1, 0.15) is 0 Å². The monoisotopic (exact) mass is 250 g/mol. The van der Waals surface area contributed by atoms with E-state index in [0.717, 1.165) is 18.9 Å². The molecule has 0 amide bonds. The molecule has 0 aromatic carbocycles. The summed E-state index contributed by atoms with van der Waals surface area (Å²) in [5.41, 5.74) is 4.32. The average molecular weight is 250 g/mol. The molecule has 4 heteroatoms. The molecule has 3 N–H and O–H groups in total. The standard InChI is InChI=1S/C14H26N4/c1-3-18-10-12(9-16-18)8-14(17-15)13-6-4-5-11(2)7-13/h9-11,13-14,17H,3-8,15H2,1-2H3. The SMILES string of the molecule is CCn1cc(CC(NN)C2CCCC(C)C2)cn1. The van der Waals surface area contributed by atoms with Gasteiger partial charge in [0.2, 0.25) is 0 Å². The van der Waals surface area contributed by atoms with Gasteiger partial charge >= 0.3 is 0 Å². The molecule has 0 aliphatic heterocycles. The van der Waals surface area contributed by atoms with Crippen LogP contribution >= 0.6 is 0 Å². The molecule has 18 heavy (non-hydrogen) atoms. The first-order chi connectivity index (χ1) is 8.72. The topological polar surface area (TPSA) is 55.9 Å². The summed E-state index contributed by atoms with van der Waals surface area (Å²) in [4.78, 5) is 0. The highest BCUT2D eigenvalue weighted by Crippen LogP contribution is 2.31. The first kappa shape index (κ1) is 13.6.